The van der Waals surface area contributed by atoms with Gasteiger partial charge in [-0.15, -0.1) is 0 Å². The van der Waals surface area contributed by atoms with E-state index in [0.717, 1.165) is 12.2 Å². The number of aliphatic hydroxyl groups excluding tert-OH is 1. The molecule has 0 amide bonds. The van der Waals surface area contributed by atoms with E-state index in [-0.39, 0.29) is 12.1 Å². The van der Waals surface area contributed by atoms with Crippen molar-refractivity contribution < 1.29 is 9.84 Å². The van der Waals surface area contributed by atoms with E-state index in [4.69, 9.17) is 4.74 Å². The molecule has 1 aromatic carbocycles. The van der Waals surface area contributed by atoms with Gasteiger partial charge in [-0.2, -0.15) is 0 Å². The number of fused-ring (bicyclic) bond motifs is 1. The van der Waals surface area contributed by atoms with Gasteiger partial charge in [-0.05, 0) is 23.6 Å². The van der Waals surface area contributed by atoms with Gasteiger partial charge in [0.15, 0.2) is 0 Å². The van der Waals surface area contributed by atoms with Crippen molar-refractivity contribution in [2.45, 2.75) is 44.9 Å². The third-order valence-corrected chi connectivity index (χ3v) is 3.31. The minimum atomic E-state index is -0.308. The van der Waals surface area contributed by atoms with Crippen LogP contribution in [-0.2, 0) is 12.8 Å². The highest BCUT2D eigenvalue weighted by molar-refractivity contribution is 5.43. The van der Waals surface area contributed by atoms with Crippen molar-refractivity contribution >= 4 is 0 Å². The van der Waals surface area contributed by atoms with Crippen molar-refractivity contribution in [2.24, 2.45) is 0 Å². The van der Waals surface area contributed by atoms with Crippen LogP contribution in [0.25, 0.3) is 0 Å². The molecule has 0 saturated carbocycles. The lowest BCUT2D eigenvalue weighted by Gasteiger charge is -2.32. The maximum Gasteiger partial charge on any atom is 0.122 e. The van der Waals surface area contributed by atoms with Crippen molar-refractivity contribution in [3.8, 4) is 5.75 Å². The topological polar surface area (TPSA) is 41.5 Å². The number of rotatable bonds is 3. The van der Waals surface area contributed by atoms with Gasteiger partial charge < -0.3 is 15.2 Å². The van der Waals surface area contributed by atoms with Crippen LogP contribution in [0.15, 0.2) is 18.2 Å². The number of benzene rings is 1. The summed E-state index contributed by atoms with van der Waals surface area (Å²) in [4.78, 5) is 0. The maximum absolute atomic E-state index is 10.1. The van der Waals surface area contributed by atoms with E-state index in [1.807, 2.05) is 12.1 Å². The summed E-state index contributed by atoms with van der Waals surface area (Å²) in [7, 11) is 1.70. The summed E-state index contributed by atoms with van der Waals surface area (Å²) in [6, 6.07) is 6.56. The van der Waals surface area contributed by atoms with Crippen LogP contribution in [0.4, 0.5) is 0 Å². The number of nitrogens with one attached hydrogen (secondary N) is 1. The number of aliphatic hydroxyl groups is 1. The SMILES string of the molecule is COc1cccc2c1C[C@H](NC(C)C)[C@@H](O)C2. The Hall–Kier alpha value is -1.06. The van der Waals surface area contributed by atoms with E-state index in [0.29, 0.717) is 12.5 Å². The molecular weight excluding hydrogens is 214 g/mol. The molecule has 17 heavy (non-hydrogen) atoms. The first kappa shape index (κ1) is 12.4. The summed E-state index contributed by atoms with van der Waals surface area (Å²) in [6.07, 6.45) is 1.23. The molecule has 3 heteroatoms. The lowest BCUT2D eigenvalue weighted by Crippen LogP contribution is -2.48. The Labute approximate surface area is 103 Å². The number of ether oxygens (including phenoxy) is 1. The molecule has 2 rings (SSSR count). The molecule has 0 aliphatic heterocycles. The molecule has 2 atom stereocenters. The fraction of sp³-hybridized carbons (Fsp3) is 0.571. The van der Waals surface area contributed by atoms with Gasteiger partial charge in [0.2, 0.25) is 0 Å². The van der Waals surface area contributed by atoms with Crippen LogP contribution in [-0.4, -0.2) is 30.4 Å². The molecule has 94 valence electrons. The van der Waals surface area contributed by atoms with Gasteiger partial charge in [0.05, 0.1) is 13.2 Å². The minimum absolute atomic E-state index is 0.124. The molecule has 3 nitrogen and oxygen atoms in total. The Balaban J connectivity index is 2.25. The molecule has 1 aliphatic carbocycles. The van der Waals surface area contributed by atoms with Gasteiger partial charge in [0.1, 0.15) is 5.75 Å². The van der Waals surface area contributed by atoms with E-state index in [1.165, 1.54) is 11.1 Å². The zero-order valence-corrected chi connectivity index (χ0v) is 10.7. The van der Waals surface area contributed by atoms with E-state index in [2.05, 4.69) is 25.2 Å². The maximum atomic E-state index is 10.1. The van der Waals surface area contributed by atoms with Crippen LogP contribution < -0.4 is 10.1 Å². The molecule has 0 unspecified atom stereocenters. The molecule has 0 radical (unpaired) electrons. The Kier molecular flexibility index (Phi) is 3.69. The highest BCUT2D eigenvalue weighted by Gasteiger charge is 2.28. The fourth-order valence-corrected chi connectivity index (χ4v) is 2.55. The summed E-state index contributed by atoms with van der Waals surface area (Å²) >= 11 is 0. The van der Waals surface area contributed by atoms with Gasteiger partial charge in [0, 0.05) is 18.5 Å². The summed E-state index contributed by atoms with van der Waals surface area (Å²) in [6.45, 7) is 4.20. The number of hydrogen-bond acceptors (Lipinski definition) is 3. The molecule has 0 heterocycles. The largest absolute Gasteiger partial charge is 0.496 e. The zero-order valence-electron chi connectivity index (χ0n) is 10.7. The Morgan fingerprint density at radius 2 is 2.12 bits per heavy atom. The van der Waals surface area contributed by atoms with Crippen LogP contribution in [0.3, 0.4) is 0 Å². The summed E-state index contributed by atoms with van der Waals surface area (Å²) < 4.78 is 5.39. The van der Waals surface area contributed by atoms with Crippen LogP contribution in [0, 0.1) is 0 Å². The standard InChI is InChI=1S/C14H21NO2/c1-9(2)15-12-8-11-10(7-13(12)16)5-4-6-14(11)17-3/h4-6,9,12-13,15-16H,7-8H2,1-3H3/t12-,13-/m0/s1. The van der Waals surface area contributed by atoms with Gasteiger partial charge in [0.25, 0.3) is 0 Å². The second-order valence-electron chi connectivity index (χ2n) is 5.00. The first-order valence-electron chi connectivity index (χ1n) is 6.20. The predicted octanol–water partition coefficient (Wildman–Crippen LogP) is 1.52. The van der Waals surface area contributed by atoms with Crippen LogP contribution in [0.5, 0.6) is 5.75 Å². The normalized spacial score (nSPS) is 23.6. The van der Waals surface area contributed by atoms with Crippen LogP contribution in [0.1, 0.15) is 25.0 Å². The first-order chi connectivity index (χ1) is 8.11. The quantitative estimate of drug-likeness (QED) is 0.834. The molecule has 0 saturated heterocycles. The second-order valence-corrected chi connectivity index (χ2v) is 5.00. The van der Waals surface area contributed by atoms with Crippen molar-refractivity contribution in [3.05, 3.63) is 29.3 Å². The average molecular weight is 235 g/mol. The second kappa shape index (κ2) is 5.07. The van der Waals surface area contributed by atoms with E-state index >= 15 is 0 Å². The van der Waals surface area contributed by atoms with Gasteiger partial charge >= 0.3 is 0 Å². The third-order valence-electron chi connectivity index (χ3n) is 3.31. The lowest BCUT2D eigenvalue weighted by molar-refractivity contribution is 0.114. The minimum Gasteiger partial charge on any atom is -0.496 e. The number of methoxy groups -OCH3 is 1. The Morgan fingerprint density at radius 3 is 2.76 bits per heavy atom. The first-order valence-corrected chi connectivity index (χ1v) is 6.20. The third kappa shape index (κ3) is 2.61. The Bertz CT molecular complexity index is 390. The highest BCUT2D eigenvalue weighted by atomic mass is 16.5. The van der Waals surface area contributed by atoms with Crippen molar-refractivity contribution in [1.29, 1.82) is 0 Å². The number of hydrogen-bond donors (Lipinski definition) is 2. The van der Waals surface area contributed by atoms with E-state index in [1.54, 1.807) is 7.11 Å². The summed E-state index contributed by atoms with van der Waals surface area (Å²) in [5.41, 5.74) is 2.44. The molecular formula is C14H21NO2. The highest BCUT2D eigenvalue weighted by Crippen LogP contribution is 2.29. The molecule has 0 bridgehead atoms. The van der Waals surface area contributed by atoms with Gasteiger partial charge in [-0.1, -0.05) is 26.0 Å². The van der Waals surface area contributed by atoms with Crippen LogP contribution in [0.2, 0.25) is 0 Å². The average Bonchev–Trinajstić information content (AvgIpc) is 2.28. The summed E-state index contributed by atoms with van der Waals surface area (Å²) in [5, 5.41) is 13.5. The van der Waals surface area contributed by atoms with Crippen LogP contribution >= 0.6 is 0 Å². The fourth-order valence-electron chi connectivity index (χ4n) is 2.55. The molecule has 0 spiro atoms. The molecule has 0 aromatic heterocycles. The van der Waals surface area contributed by atoms with E-state index < -0.39 is 0 Å². The monoisotopic (exact) mass is 235 g/mol. The molecule has 1 aromatic rings. The van der Waals surface area contributed by atoms with E-state index in [9.17, 15) is 5.11 Å². The lowest BCUT2D eigenvalue weighted by atomic mass is 9.85. The van der Waals surface area contributed by atoms with Crippen molar-refractivity contribution in [2.75, 3.05) is 7.11 Å². The van der Waals surface area contributed by atoms with Crippen molar-refractivity contribution in [3.63, 3.8) is 0 Å². The van der Waals surface area contributed by atoms with Gasteiger partial charge in [-0.3, -0.25) is 0 Å². The summed E-state index contributed by atoms with van der Waals surface area (Å²) in [5.74, 6) is 0.935. The molecule has 0 fully saturated rings. The van der Waals surface area contributed by atoms with Gasteiger partial charge in [-0.25, -0.2) is 0 Å². The predicted molar refractivity (Wildman–Crippen MR) is 68.5 cm³/mol. The Morgan fingerprint density at radius 1 is 1.35 bits per heavy atom. The van der Waals surface area contributed by atoms with Crippen molar-refractivity contribution in [1.82, 2.24) is 5.32 Å². The smallest absolute Gasteiger partial charge is 0.122 e. The molecule has 1 aliphatic rings. The molecule has 2 N–H and O–H groups in total. The zero-order chi connectivity index (χ0) is 12.4.